The van der Waals surface area contributed by atoms with Crippen LogP contribution in [0.2, 0.25) is 5.02 Å². The minimum absolute atomic E-state index is 0.129. The molecule has 0 radical (unpaired) electrons. The monoisotopic (exact) mass is 394 g/mol. The van der Waals surface area contributed by atoms with Gasteiger partial charge in [0.05, 0.1) is 28.0 Å². The molecule has 28 heavy (non-hydrogen) atoms. The van der Waals surface area contributed by atoms with Gasteiger partial charge in [-0.15, -0.1) is 10.2 Å². The average molecular weight is 395 g/mol. The van der Waals surface area contributed by atoms with Crippen LogP contribution in [0.15, 0.2) is 46.9 Å². The molecule has 2 heterocycles. The Morgan fingerprint density at radius 3 is 2.46 bits per heavy atom. The van der Waals surface area contributed by atoms with Gasteiger partial charge in [-0.3, -0.25) is 0 Å². The smallest absolute Gasteiger partial charge is 0.338 e. The summed E-state index contributed by atoms with van der Waals surface area (Å²) in [4.78, 5) is 21.3. The number of ether oxygens (including phenoxy) is 1. The van der Waals surface area contributed by atoms with Crippen LogP contribution in [-0.2, 0) is 11.3 Å². The molecular weight excluding hydrogens is 380 g/mol. The molecule has 2 aromatic carbocycles. The van der Waals surface area contributed by atoms with E-state index in [1.54, 1.807) is 42.5 Å². The molecule has 7 nitrogen and oxygen atoms in total. The summed E-state index contributed by atoms with van der Waals surface area (Å²) in [5.74, 6) is 0.0214. The van der Waals surface area contributed by atoms with Crippen molar-refractivity contribution in [2.75, 3.05) is 0 Å². The van der Waals surface area contributed by atoms with Gasteiger partial charge >= 0.3 is 5.97 Å². The second kappa shape index (κ2) is 7.36. The number of carbonyl (C=O) groups excluding carboxylic acids is 1. The lowest BCUT2D eigenvalue weighted by Crippen LogP contribution is -2.06. The van der Waals surface area contributed by atoms with Crippen molar-refractivity contribution in [3.8, 4) is 11.5 Å². The van der Waals surface area contributed by atoms with E-state index in [-0.39, 0.29) is 12.5 Å². The zero-order chi connectivity index (χ0) is 19.7. The van der Waals surface area contributed by atoms with Crippen LogP contribution in [0.1, 0.15) is 27.6 Å². The zero-order valence-corrected chi connectivity index (χ0v) is 15.9. The van der Waals surface area contributed by atoms with Gasteiger partial charge < -0.3 is 9.15 Å². The van der Waals surface area contributed by atoms with E-state index in [4.69, 9.17) is 20.8 Å². The van der Waals surface area contributed by atoms with Gasteiger partial charge in [-0.05, 0) is 56.3 Å². The van der Waals surface area contributed by atoms with E-state index in [1.165, 1.54) is 0 Å². The van der Waals surface area contributed by atoms with Gasteiger partial charge in [0.15, 0.2) is 6.61 Å². The van der Waals surface area contributed by atoms with E-state index in [1.807, 2.05) is 13.8 Å². The molecule has 140 valence electrons. The maximum absolute atomic E-state index is 12.4. The largest absolute Gasteiger partial charge is 0.452 e. The summed E-state index contributed by atoms with van der Waals surface area (Å²) in [6, 6.07) is 12.1. The first kappa shape index (κ1) is 18.1. The van der Waals surface area contributed by atoms with Crippen LogP contribution >= 0.6 is 11.6 Å². The fourth-order valence-corrected chi connectivity index (χ4v) is 2.72. The molecule has 0 saturated carbocycles. The molecule has 4 aromatic rings. The van der Waals surface area contributed by atoms with E-state index >= 15 is 0 Å². The Bertz CT molecular complexity index is 1170. The Kier molecular flexibility index (Phi) is 4.75. The standard InChI is InChI=1S/C20H15ClN4O3/c1-11-12(2)23-17-9-14(5-8-16(17)22-11)20(26)27-10-18-24-25-19(28-18)13-3-6-15(21)7-4-13/h3-9H,10H2,1-2H3. The van der Waals surface area contributed by atoms with Gasteiger partial charge in [0.1, 0.15) is 0 Å². The number of aryl methyl sites for hydroxylation is 2. The molecule has 0 aliphatic carbocycles. The quantitative estimate of drug-likeness (QED) is 0.476. The fourth-order valence-electron chi connectivity index (χ4n) is 2.59. The van der Waals surface area contributed by atoms with E-state index in [9.17, 15) is 4.79 Å². The molecule has 0 unspecified atom stereocenters. The first-order chi connectivity index (χ1) is 13.5. The van der Waals surface area contributed by atoms with Gasteiger partial charge in [0.2, 0.25) is 5.89 Å². The summed E-state index contributed by atoms with van der Waals surface area (Å²) in [5.41, 5.74) is 4.15. The second-order valence-electron chi connectivity index (χ2n) is 6.18. The molecule has 0 amide bonds. The molecule has 2 aromatic heterocycles. The number of hydrogen-bond donors (Lipinski definition) is 0. The number of rotatable bonds is 4. The number of fused-ring (bicyclic) bond motifs is 1. The third-order valence-corrected chi connectivity index (χ3v) is 4.45. The SMILES string of the molecule is Cc1nc2ccc(C(=O)OCc3nnc(-c4ccc(Cl)cc4)o3)cc2nc1C. The van der Waals surface area contributed by atoms with Crippen molar-refractivity contribution >= 4 is 28.6 Å². The topological polar surface area (TPSA) is 91.0 Å². The number of nitrogens with zero attached hydrogens (tertiary/aromatic N) is 4. The van der Waals surface area contributed by atoms with Gasteiger partial charge in [-0.2, -0.15) is 0 Å². The molecule has 0 aliphatic rings. The van der Waals surface area contributed by atoms with Gasteiger partial charge in [-0.1, -0.05) is 11.6 Å². The number of benzene rings is 2. The number of aromatic nitrogens is 4. The van der Waals surface area contributed by atoms with E-state index in [2.05, 4.69) is 20.2 Å². The molecular formula is C20H15ClN4O3. The number of esters is 1. The summed E-state index contributed by atoms with van der Waals surface area (Å²) in [6.07, 6.45) is 0. The number of halogens is 1. The van der Waals surface area contributed by atoms with Crippen molar-refractivity contribution < 1.29 is 13.9 Å². The predicted octanol–water partition coefficient (Wildman–Crippen LogP) is 4.31. The highest BCUT2D eigenvalue weighted by molar-refractivity contribution is 6.30. The van der Waals surface area contributed by atoms with E-state index < -0.39 is 5.97 Å². The van der Waals surface area contributed by atoms with Gasteiger partial charge in [0.25, 0.3) is 5.89 Å². The highest BCUT2D eigenvalue weighted by Crippen LogP contribution is 2.21. The minimum Gasteiger partial charge on any atom is -0.452 e. The van der Waals surface area contributed by atoms with Crippen molar-refractivity contribution in [1.29, 1.82) is 0 Å². The molecule has 8 heteroatoms. The lowest BCUT2D eigenvalue weighted by Gasteiger charge is -2.05. The van der Waals surface area contributed by atoms with E-state index in [0.29, 0.717) is 22.0 Å². The third kappa shape index (κ3) is 3.70. The summed E-state index contributed by atoms with van der Waals surface area (Å²) < 4.78 is 10.8. The Labute approximate surface area is 165 Å². The molecule has 0 aliphatic heterocycles. The summed E-state index contributed by atoms with van der Waals surface area (Å²) >= 11 is 5.87. The van der Waals surface area contributed by atoms with Crippen LogP contribution in [0.4, 0.5) is 0 Å². The normalized spacial score (nSPS) is 11.0. The summed E-state index contributed by atoms with van der Waals surface area (Å²) in [6.45, 7) is 3.64. The number of hydrogen-bond acceptors (Lipinski definition) is 7. The second-order valence-corrected chi connectivity index (χ2v) is 6.62. The number of carbonyl (C=O) groups is 1. The molecule has 0 N–H and O–H groups in total. The fraction of sp³-hybridized carbons (Fsp3) is 0.150. The van der Waals surface area contributed by atoms with Crippen molar-refractivity contribution in [1.82, 2.24) is 20.2 Å². The maximum atomic E-state index is 12.4. The highest BCUT2D eigenvalue weighted by atomic mass is 35.5. The molecule has 0 saturated heterocycles. The first-order valence-electron chi connectivity index (χ1n) is 8.50. The Morgan fingerprint density at radius 2 is 1.71 bits per heavy atom. The predicted molar refractivity (Wildman–Crippen MR) is 103 cm³/mol. The van der Waals surface area contributed by atoms with Gasteiger partial charge in [-0.25, -0.2) is 14.8 Å². The van der Waals surface area contributed by atoms with Gasteiger partial charge in [0, 0.05) is 10.6 Å². The van der Waals surface area contributed by atoms with Crippen molar-refractivity contribution in [2.24, 2.45) is 0 Å². The molecule has 0 fully saturated rings. The van der Waals surface area contributed by atoms with Crippen LogP contribution in [0.25, 0.3) is 22.5 Å². The van der Waals surface area contributed by atoms with Crippen LogP contribution in [-0.4, -0.2) is 26.1 Å². The Morgan fingerprint density at radius 1 is 1.00 bits per heavy atom. The van der Waals surface area contributed by atoms with Crippen molar-refractivity contribution in [2.45, 2.75) is 20.5 Å². The van der Waals surface area contributed by atoms with Crippen LogP contribution < -0.4 is 0 Å². The van der Waals surface area contributed by atoms with Crippen molar-refractivity contribution in [3.05, 3.63) is 70.3 Å². The van der Waals surface area contributed by atoms with Crippen LogP contribution in [0.5, 0.6) is 0 Å². The molecule has 4 rings (SSSR count). The third-order valence-electron chi connectivity index (χ3n) is 4.20. The molecule has 0 spiro atoms. The lowest BCUT2D eigenvalue weighted by molar-refractivity contribution is 0.0439. The molecule has 0 atom stereocenters. The average Bonchev–Trinajstić information content (AvgIpc) is 3.16. The van der Waals surface area contributed by atoms with Crippen molar-refractivity contribution in [3.63, 3.8) is 0 Å². The summed E-state index contributed by atoms with van der Waals surface area (Å²) in [7, 11) is 0. The highest BCUT2D eigenvalue weighted by Gasteiger charge is 2.14. The Hall–Kier alpha value is -3.32. The first-order valence-corrected chi connectivity index (χ1v) is 8.88. The maximum Gasteiger partial charge on any atom is 0.338 e. The minimum atomic E-state index is -0.506. The van der Waals surface area contributed by atoms with Crippen LogP contribution in [0, 0.1) is 13.8 Å². The zero-order valence-electron chi connectivity index (χ0n) is 15.1. The summed E-state index contributed by atoms with van der Waals surface area (Å²) in [5, 5.41) is 8.47. The Balaban J connectivity index is 1.46. The van der Waals surface area contributed by atoms with E-state index in [0.717, 1.165) is 22.5 Å². The van der Waals surface area contributed by atoms with Crippen LogP contribution in [0.3, 0.4) is 0 Å². The molecule has 0 bridgehead atoms. The lowest BCUT2D eigenvalue weighted by atomic mass is 10.2.